The first-order valence-corrected chi connectivity index (χ1v) is 7.17. The normalized spacial score (nSPS) is 12.9. The van der Waals surface area contributed by atoms with Crippen molar-refractivity contribution in [2.45, 2.75) is 12.3 Å². The predicted octanol–water partition coefficient (Wildman–Crippen LogP) is 3.80. The third kappa shape index (κ3) is 5.26. The summed E-state index contributed by atoms with van der Waals surface area (Å²) in [7, 11) is 0. The monoisotopic (exact) mass is 325 g/mol. The zero-order valence-electron chi connectivity index (χ0n) is 12.4. The SMILES string of the molecule is NCCOCC(Oc1ccc(C(F)(F)F)cc1)c1ccccc1. The maximum atomic E-state index is 12.6. The number of nitrogens with two attached hydrogens (primary N) is 1. The molecule has 0 aliphatic heterocycles. The average molecular weight is 325 g/mol. The second kappa shape index (κ2) is 7.99. The molecule has 0 saturated carbocycles. The Morgan fingerprint density at radius 1 is 0.957 bits per heavy atom. The van der Waals surface area contributed by atoms with Gasteiger partial charge in [-0.05, 0) is 29.8 Å². The molecule has 1 atom stereocenters. The molecule has 6 heteroatoms. The van der Waals surface area contributed by atoms with E-state index in [1.165, 1.54) is 12.1 Å². The number of hydrogen-bond acceptors (Lipinski definition) is 3. The lowest BCUT2D eigenvalue weighted by Crippen LogP contribution is -2.18. The van der Waals surface area contributed by atoms with Crippen molar-refractivity contribution in [2.24, 2.45) is 5.73 Å². The van der Waals surface area contributed by atoms with Crippen LogP contribution in [0.2, 0.25) is 0 Å². The number of ether oxygens (including phenoxy) is 2. The zero-order valence-corrected chi connectivity index (χ0v) is 12.4. The van der Waals surface area contributed by atoms with E-state index in [2.05, 4.69) is 0 Å². The largest absolute Gasteiger partial charge is 0.483 e. The van der Waals surface area contributed by atoms with Crippen molar-refractivity contribution >= 4 is 0 Å². The van der Waals surface area contributed by atoms with Crippen molar-refractivity contribution < 1.29 is 22.6 Å². The molecule has 0 heterocycles. The molecule has 23 heavy (non-hydrogen) atoms. The van der Waals surface area contributed by atoms with E-state index in [-0.39, 0.29) is 6.61 Å². The van der Waals surface area contributed by atoms with E-state index in [1.807, 2.05) is 30.3 Å². The van der Waals surface area contributed by atoms with Crippen LogP contribution < -0.4 is 10.5 Å². The highest BCUT2D eigenvalue weighted by Gasteiger charge is 2.30. The Bertz CT molecular complexity index is 585. The highest BCUT2D eigenvalue weighted by Crippen LogP contribution is 2.31. The summed E-state index contributed by atoms with van der Waals surface area (Å²) in [5, 5.41) is 0. The first-order chi connectivity index (χ1) is 11.0. The molecule has 0 aromatic heterocycles. The molecule has 1 unspecified atom stereocenters. The summed E-state index contributed by atoms with van der Waals surface area (Å²) in [6.45, 7) is 1.05. The number of halogens is 3. The van der Waals surface area contributed by atoms with Gasteiger partial charge in [-0.25, -0.2) is 0 Å². The lowest BCUT2D eigenvalue weighted by Gasteiger charge is -2.20. The van der Waals surface area contributed by atoms with Gasteiger partial charge in [-0.3, -0.25) is 0 Å². The molecular weight excluding hydrogens is 307 g/mol. The Morgan fingerprint density at radius 3 is 2.17 bits per heavy atom. The van der Waals surface area contributed by atoms with Crippen LogP contribution in [0.3, 0.4) is 0 Å². The molecule has 0 bridgehead atoms. The Hall–Kier alpha value is -2.05. The highest BCUT2D eigenvalue weighted by molar-refractivity contribution is 5.30. The van der Waals surface area contributed by atoms with Crippen LogP contribution in [0.15, 0.2) is 54.6 Å². The Kier molecular flexibility index (Phi) is 6.01. The van der Waals surface area contributed by atoms with E-state index in [4.69, 9.17) is 15.2 Å². The van der Waals surface area contributed by atoms with Crippen molar-refractivity contribution in [2.75, 3.05) is 19.8 Å². The molecule has 0 radical (unpaired) electrons. The van der Waals surface area contributed by atoms with E-state index < -0.39 is 17.8 Å². The van der Waals surface area contributed by atoms with Gasteiger partial charge in [0.2, 0.25) is 0 Å². The van der Waals surface area contributed by atoms with Crippen LogP contribution in [-0.4, -0.2) is 19.8 Å². The van der Waals surface area contributed by atoms with Gasteiger partial charge in [-0.15, -0.1) is 0 Å². The molecule has 124 valence electrons. The number of benzene rings is 2. The van der Waals surface area contributed by atoms with Gasteiger partial charge in [0.15, 0.2) is 0 Å². The lowest BCUT2D eigenvalue weighted by molar-refractivity contribution is -0.137. The fourth-order valence-corrected chi connectivity index (χ4v) is 2.03. The number of hydrogen-bond donors (Lipinski definition) is 1. The van der Waals surface area contributed by atoms with Crippen molar-refractivity contribution in [3.05, 3.63) is 65.7 Å². The van der Waals surface area contributed by atoms with Crippen LogP contribution in [0.4, 0.5) is 13.2 Å². The maximum absolute atomic E-state index is 12.6. The van der Waals surface area contributed by atoms with Crippen molar-refractivity contribution in [3.63, 3.8) is 0 Å². The zero-order chi connectivity index (χ0) is 16.7. The smallest absolute Gasteiger partial charge is 0.416 e. The lowest BCUT2D eigenvalue weighted by atomic mass is 10.1. The molecule has 2 rings (SSSR count). The summed E-state index contributed by atoms with van der Waals surface area (Å²) in [5.74, 6) is 0.350. The second-order valence-electron chi connectivity index (χ2n) is 4.90. The molecule has 3 nitrogen and oxygen atoms in total. The molecule has 0 saturated heterocycles. The third-order valence-corrected chi connectivity index (χ3v) is 3.16. The standard InChI is InChI=1S/C17H18F3NO2/c18-17(19,20)14-6-8-15(9-7-14)23-16(12-22-11-10-21)13-4-2-1-3-5-13/h1-9,16H,10-12,21H2. The predicted molar refractivity (Wildman–Crippen MR) is 81.1 cm³/mol. The van der Waals surface area contributed by atoms with E-state index in [0.717, 1.165) is 17.7 Å². The molecule has 0 fully saturated rings. The first-order valence-electron chi connectivity index (χ1n) is 7.17. The van der Waals surface area contributed by atoms with Gasteiger partial charge in [0.25, 0.3) is 0 Å². The maximum Gasteiger partial charge on any atom is 0.416 e. The van der Waals surface area contributed by atoms with Gasteiger partial charge in [-0.1, -0.05) is 30.3 Å². The van der Waals surface area contributed by atoms with Crippen LogP contribution >= 0.6 is 0 Å². The van der Waals surface area contributed by atoms with Crippen LogP contribution in [0.1, 0.15) is 17.2 Å². The number of alkyl halides is 3. The summed E-state index contributed by atoms with van der Waals surface area (Å²) in [5.41, 5.74) is 5.56. The van der Waals surface area contributed by atoms with Gasteiger partial charge in [0.05, 0.1) is 18.8 Å². The van der Waals surface area contributed by atoms with Gasteiger partial charge in [0, 0.05) is 6.54 Å². The minimum Gasteiger partial charge on any atom is -0.483 e. The van der Waals surface area contributed by atoms with Crippen LogP contribution in [0.25, 0.3) is 0 Å². The van der Waals surface area contributed by atoms with Gasteiger partial charge < -0.3 is 15.2 Å². The van der Waals surface area contributed by atoms with Crippen LogP contribution in [0, 0.1) is 0 Å². The highest BCUT2D eigenvalue weighted by atomic mass is 19.4. The molecule has 0 aliphatic rings. The molecular formula is C17H18F3NO2. The Labute approximate surface area is 132 Å². The van der Waals surface area contributed by atoms with Gasteiger partial charge in [-0.2, -0.15) is 13.2 Å². The molecule has 0 amide bonds. The summed E-state index contributed by atoms with van der Waals surface area (Å²) < 4.78 is 48.9. The average Bonchev–Trinajstić information content (AvgIpc) is 2.54. The molecule has 0 spiro atoms. The summed E-state index contributed by atoms with van der Waals surface area (Å²) in [4.78, 5) is 0. The van der Waals surface area contributed by atoms with Gasteiger partial charge in [0.1, 0.15) is 11.9 Å². The van der Waals surface area contributed by atoms with E-state index >= 15 is 0 Å². The quantitative estimate of drug-likeness (QED) is 0.788. The van der Waals surface area contributed by atoms with Crippen molar-refractivity contribution in [1.82, 2.24) is 0 Å². The minimum atomic E-state index is -4.36. The molecule has 0 aliphatic carbocycles. The first kappa shape index (κ1) is 17.3. The fraction of sp³-hybridized carbons (Fsp3) is 0.294. The summed E-state index contributed by atoms with van der Waals surface area (Å²) in [6.07, 6.45) is -4.78. The van der Waals surface area contributed by atoms with Gasteiger partial charge >= 0.3 is 6.18 Å². The topological polar surface area (TPSA) is 44.5 Å². The minimum absolute atomic E-state index is 0.266. The number of rotatable bonds is 7. The fourth-order valence-electron chi connectivity index (χ4n) is 2.03. The molecule has 2 aromatic rings. The third-order valence-electron chi connectivity index (χ3n) is 3.16. The molecule has 2 aromatic carbocycles. The van der Waals surface area contributed by atoms with Crippen molar-refractivity contribution in [1.29, 1.82) is 0 Å². The van der Waals surface area contributed by atoms with Crippen LogP contribution in [0.5, 0.6) is 5.75 Å². The second-order valence-corrected chi connectivity index (χ2v) is 4.90. The molecule has 2 N–H and O–H groups in total. The van der Waals surface area contributed by atoms with Crippen LogP contribution in [-0.2, 0) is 10.9 Å². The van der Waals surface area contributed by atoms with Crippen molar-refractivity contribution in [3.8, 4) is 5.75 Å². The Morgan fingerprint density at radius 2 is 1.61 bits per heavy atom. The summed E-state index contributed by atoms with van der Waals surface area (Å²) >= 11 is 0. The van der Waals surface area contributed by atoms with E-state index in [1.54, 1.807) is 0 Å². The Balaban J connectivity index is 2.10. The summed E-state index contributed by atoms with van der Waals surface area (Å²) in [6, 6.07) is 14.0. The van der Waals surface area contributed by atoms with E-state index in [9.17, 15) is 13.2 Å². The van der Waals surface area contributed by atoms with E-state index in [0.29, 0.717) is 18.9 Å².